The lowest BCUT2D eigenvalue weighted by atomic mass is 10.0. The normalized spacial score (nSPS) is 11.3. The van der Waals surface area contributed by atoms with Crippen molar-refractivity contribution in [3.63, 3.8) is 0 Å². The third kappa shape index (κ3) is 2.37. The van der Waals surface area contributed by atoms with E-state index in [0.29, 0.717) is 0 Å². The molecule has 1 heterocycles. The van der Waals surface area contributed by atoms with Gasteiger partial charge in [0.2, 0.25) is 0 Å². The molecule has 1 aromatic heterocycles. The van der Waals surface area contributed by atoms with E-state index in [1.54, 1.807) is 0 Å². The van der Waals surface area contributed by atoms with Gasteiger partial charge in [0.15, 0.2) is 0 Å². The van der Waals surface area contributed by atoms with Crippen molar-refractivity contribution >= 4 is 11.0 Å². The number of nitrogens with one attached hydrogen (secondary N) is 1. The average molecular weight is 231 g/mol. The fourth-order valence-electron chi connectivity index (χ4n) is 2.39. The Labute approximate surface area is 103 Å². The summed E-state index contributed by atoms with van der Waals surface area (Å²) in [6, 6.07) is 4.34. The van der Waals surface area contributed by atoms with Crippen LogP contribution in [0, 0.1) is 20.8 Å². The zero-order valence-corrected chi connectivity index (χ0v) is 11.2. The molecule has 0 bridgehead atoms. The molecule has 17 heavy (non-hydrogen) atoms. The number of hydrogen-bond acceptors (Lipinski definition) is 2. The molecule has 2 heteroatoms. The van der Waals surface area contributed by atoms with Crippen molar-refractivity contribution in [2.45, 2.75) is 40.7 Å². The van der Waals surface area contributed by atoms with Crippen LogP contribution in [0.4, 0.5) is 0 Å². The minimum absolute atomic E-state index is 0.826. The molecule has 2 rings (SSSR count). The summed E-state index contributed by atoms with van der Waals surface area (Å²) in [5.74, 6) is 1.07. The van der Waals surface area contributed by atoms with Gasteiger partial charge in [0, 0.05) is 5.39 Å². The lowest BCUT2D eigenvalue weighted by molar-refractivity contribution is 0.510. The predicted octanol–water partition coefficient (Wildman–Crippen LogP) is 3.86. The molecular formula is C15H21NO. The number of furan rings is 1. The van der Waals surface area contributed by atoms with Crippen LogP contribution in [0.5, 0.6) is 0 Å². The first-order valence-corrected chi connectivity index (χ1v) is 6.33. The monoisotopic (exact) mass is 231 g/mol. The molecule has 1 aromatic carbocycles. The van der Waals surface area contributed by atoms with Crippen molar-refractivity contribution in [1.82, 2.24) is 5.32 Å². The minimum atomic E-state index is 0.826. The van der Waals surface area contributed by atoms with Crippen molar-refractivity contribution in [3.8, 4) is 0 Å². The number of benzene rings is 1. The molecule has 92 valence electrons. The van der Waals surface area contributed by atoms with Crippen LogP contribution in [0.1, 0.15) is 35.8 Å². The molecule has 0 radical (unpaired) electrons. The summed E-state index contributed by atoms with van der Waals surface area (Å²) in [5.41, 5.74) is 4.87. The summed E-state index contributed by atoms with van der Waals surface area (Å²) in [6.07, 6.45) is 1.15. The van der Waals surface area contributed by atoms with Crippen LogP contribution in [0.15, 0.2) is 16.5 Å². The molecule has 0 saturated carbocycles. The lowest BCUT2D eigenvalue weighted by Gasteiger charge is -2.00. The number of aryl methyl sites for hydroxylation is 3. The van der Waals surface area contributed by atoms with Crippen molar-refractivity contribution in [2.75, 3.05) is 6.54 Å². The summed E-state index contributed by atoms with van der Waals surface area (Å²) >= 11 is 0. The van der Waals surface area contributed by atoms with Gasteiger partial charge in [-0.15, -0.1) is 0 Å². The zero-order chi connectivity index (χ0) is 12.4. The van der Waals surface area contributed by atoms with E-state index in [9.17, 15) is 0 Å². The van der Waals surface area contributed by atoms with Gasteiger partial charge < -0.3 is 9.73 Å². The fourth-order valence-corrected chi connectivity index (χ4v) is 2.39. The number of fused-ring (bicyclic) bond motifs is 1. The second kappa shape index (κ2) is 4.92. The second-order valence-corrected chi connectivity index (χ2v) is 4.78. The molecule has 0 aliphatic rings. The van der Waals surface area contributed by atoms with Gasteiger partial charge in [0.25, 0.3) is 0 Å². The highest BCUT2D eigenvalue weighted by Gasteiger charge is 2.12. The molecular weight excluding hydrogens is 210 g/mol. The summed E-state index contributed by atoms with van der Waals surface area (Å²) in [6.45, 7) is 10.4. The van der Waals surface area contributed by atoms with Gasteiger partial charge in [-0.2, -0.15) is 0 Å². The molecule has 1 N–H and O–H groups in total. The van der Waals surface area contributed by atoms with Crippen LogP contribution in [0.2, 0.25) is 0 Å². The molecule has 2 nitrogen and oxygen atoms in total. The third-order valence-corrected chi connectivity index (χ3v) is 3.18. The first-order chi connectivity index (χ1) is 8.13. The summed E-state index contributed by atoms with van der Waals surface area (Å²) < 4.78 is 5.94. The SMILES string of the molecule is CCCNCc1oc2cc(C)cc(C)c2c1C. The van der Waals surface area contributed by atoms with E-state index in [2.05, 4.69) is 45.1 Å². The Balaban J connectivity index is 2.39. The van der Waals surface area contributed by atoms with E-state index in [4.69, 9.17) is 4.42 Å². The van der Waals surface area contributed by atoms with Gasteiger partial charge in [0.1, 0.15) is 11.3 Å². The quantitative estimate of drug-likeness (QED) is 0.808. The standard InChI is InChI=1S/C15H21NO/c1-5-6-16-9-14-12(4)15-11(3)7-10(2)8-13(15)17-14/h7-8,16H,5-6,9H2,1-4H3. The van der Waals surface area contributed by atoms with E-state index < -0.39 is 0 Å². The summed E-state index contributed by atoms with van der Waals surface area (Å²) in [4.78, 5) is 0. The Bertz CT molecular complexity index is 525. The van der Waals surface area contributed by atoms with Crippen molar-refractivity contribution in [1.29, 1.82) is 0 Å². The Kier molecular flexibility index (Phi) is 3.53. The van der Waals surface area contributed by atoms with E-state index in [-0.39, 0.29) is 0 Å². The first-order valence-electron chi connectivity index (χ1n) is 6.33. The van der Waals surface area contributed by atoms with Crippen LogP contribution in [-0.2, 0) is 6.54 Å². The van der Waals surface area contributed by atoms with Crippen LogP contribution >= 0.6 is 0 Å². The fraction of sp³-hybridized carbons (Fsp3) is 0.467. The zero-order valence-electron chi connectivity index (χ0n) is 11.2. The second-order valence-electron chi connectivity index (χ2n) is 4.78. The molecule has 0 aliphatic carbocycles. The highest BCUT2D eigenvalue weighted by atomic mass is 16.3. The Morgan fingerprint density at radius 1 is 1.18 bits per heavy atom. The van der Waals surface area contributed by atoms with Gasteiger partial charge >= 0.3 is 0 Å². The largest absolute Gasteiger partial charge is 0.459 e. The van der Waals surface area contributed by atoms with Crippen molar-refractivity contribution in [3.05, 3.63) is 34.6 Å². The molecule has 0 amide bonds. The molecule has 2 aromatic rings. The maximum absolute atomic E-state index is 5.94. The Morgan fingerprint density at radius 3 is 2.65 bits per heavy atom. The van der Waals surface area contributed by atoms with E-state index in [1.165, 1.54) is 22.1 Å². The number of rotatable bonds is 4. The van der Waals surface area contributed by atoms with Crippen LogP contribution in [0.25, 0.3) is 11.0 Å². The third-order valence-electron chi connectivity index (χ3n) is 3.18. The predicted molar refractivity (Wildman–Crippen MR) is 72.4 cm³/mol. The van der Waals surface area contributed by atoms with Gasteiger partial charge in [-0.25, -0.2) is 0 Å². The molecule has 0 atom stereocenters. The maximum Gasteiger partial charge on any atom is 0.135 e. The lowest BCUT2D eigenvalue weighted by Crippen LogP contribution is -2.13. The molecule has 0 spiro atoms. The maximum atomic E-state index is 5.94. The van der Waals surface area contributed by atoms with Crippen molar-refractivity contribution in [2.24, 2.45) is 0 Å². The van der Waals surface area contributed by atoms with Crippen molar-refractivity contribution < 1.29 is 4.42 Å². The van der Waals surface area contributed by atoms with Crippen LogP contribution < -0.4 is 5.32 Å². The van der Waals surface area contributed by atoms with E-state index in [1.807, 2.05) is 0 Å². The van der Waals surface area contributed by atoms with Gasteiger partial charge in [-0.05, 0) is 56.5 Å². The Hall–Kier alpha value is -1.28. The van der Waals surface area contributed by atoms with Gasteiger partial charge in [-0.1, -0.05) is 13.0 Å². The molecule has 0 saturated heterocycles. The minimum Gasteiger partial charge on any atom is -0.459 e. The van der Waals surface area contributed by atoms with Crippen LogP contribution in [-0.4, -0.2) is 6.54 Å². The topological polar surface area (TPSA) is 25.2 Å². The summed E-state index contributed by atoms with van der Waals surface area (Å²) in [7, 11) is 0. The molecule has 0 fully saturated rings. The number of hydrogen-bond donors (Lipinski definition) is 1. The van der Waals surface area contributed by atoms with Crippen LogP contribution in [0.3, 0.4) is 0 Å². The first kappa shape index (κ1) is 12.2. The molecule has 0 aliphatic heterocycles. The highest BCUT2D eigenvalue weighted by molar-refractivity contribution is 5.86. The smallest absolute Gasteiger partial charge is 0.135 e. The Morgan fingerprint density at radius 2 is 1.94 bits per heavy atom. The highest BCUT2D eigenvalue weighted by Crippen LogP contribution is 2.29. The van der Waals surface area contributed by atoms with Gasteiger partial charge in [-0.3, -0.25) is 0 Å². The molecule has 0 unspecified atom stereocenters. The van der Waals surface area contributed by atoms with Gasteiger partial charge in [0.05, 0.1) is 6.54 Å². The van der Waals surface area contributed by atoms with E-state index >= 15 is 0 Å². The average Bonchev–Trinajstić information content (AvgIpc) is 2.56. The summed E-state index contributed by atoms with van der Waals surface area (Å²) in [5, 5.41) is 4.67. The van der Waals surface area contributed by atoms with E-state index in [0.717, 1.165) is 30.9 Å².